The van der Waals surface area contributed by atoms with Crippen LogP contribution in [0, 0.1) is 0 Å². The van der Waals surface area contributed by atoms with Gasteiger partial charge in [0.05, 0.1) is 31.3 Å². The van der Waals surface area contributed by atoms with Gasteiger partial charge in [-0.3, -0.25) is 4.79 Å². The summed E-state index contributed by atoms with van der Waals surface area (Å²) in [6.07, 6.45) is 1.57. The zero-order chi connectivity index (χ0) is 20.6. The molecule has 0 unspecified atom stereocenters. The van der Waals surface area contributed by atoms with Crippen molar-refractivity contribution in [2.24, 2.45) is 0 Å². The molecule has 1 N–H and O–H groups in total. The van der Waals surface area contributed by atoms with E-state index in [0.29, 0.717) is 18.0 Å². The average Bonchev–Trinajstić information content (AvgIpc) is 3.19. The summed E-state index contributed by atoms with van der Waals surface area (Å²) in [6, 6.07) is 16.3. The number of anilines is 1. The molecule has 0 aliphatic rings. The fourth-order valence-electron chi connectivity index (χ4n) is 2.60. The minimum Gasteiger partial charge on any atom is -0.493 e. The summed E-state index contributed by atoms with van der Waals surface area (Å²) in [4.78, 5) is 24.6. The number of methoxy groups -OCH3 is 1. The maximum Gasteiger partial charge on any atom is 0.363 e. The third kappa shape index (κ3) is 4.92. The molecule has 0 aliphatic heterocycles. The van der Waals surface area contributed by atoms with Gasteiger partial charge in [0.15, 0.2) is 12.4 Å². The molecule has 0 bridgehead atoms. The molecule has 0 atom stereocenters. The van der Waals surface area contributed by atoms with Crippen LogP contribution in [0.15, 0.2) is 60.8 Å². The third-order valence-corrected chi connectivity index (χ3v) is 3.91. The molecule has 8 heteroatoms. The Morgan fingerprint density at radius 1 is 1.03 bits per heavy atom. The molecule has 0 radical (unpaired) electrons. The summed E-state index contributed by atoms with van der Waals surface area (Å²) in [5, 5.41) is 6.88. The number of para-hydroxylation sites is 3. The van der Waals surface area contributed by atoms with E-state index >= 15 is 0 Å². The first kappa shape index (κ1) is 19.9. The number of esters is 1. The lowest BCUT2D eigenvalue weighted by atomic mass is 10.3. The lowest BCUT2D eigenvalue weighted by Crippen LogP contribution is -2.21. The maximum atomic E-state index is 12.4. The number of nitrogens with zero attached hydrogens (tertiary/aromatic N) is 2. The van der Waals surface area contributed by atoms with Crippen LogP contribution in [0.1, 0.15) is 17.4 Å². The van der Waals surface area contributed by atoms with E-state index in [1.165, 1.54) is 11.8 Å². The first-order chi connectivity index (χ1) is 14.1. The number of ether oxygens (including phenoxy) is 3. The van der Waals surface area contributed by atoms with Gasteiger partial charge in [0.2, 0.25) is 5.69 Å². The smallest absolute Gasteiger partial charge is 0.363 e. The minimum absolute atomic E-state index is 0.0149. The third-order valence-electron chi connectivity index (χ3n) is 3.91. The van der Waals surface area contributed by atoms with Crippen LogP contribution in [0.5, 0.6) is 11.5 Å². The summed E-state index contributed by atoms with van der Waals surface area (Å²) in [5.41, 5.74) is 1.25. The van der Waals surface area contributed by atoms with Gasteiger partial charge in [-0.05, 0) is 31.2 Å². The van der Waals surface area contributed by atoms with Crippen molar-refractivity contribution in [2.75, 3.05) is 25.6 Å². The van der Waals surface area contributed by atoms with Crippen LogP contribution in [-0.2, 0) is 9.53 Å². The molecule has 0 saturated carbocycles. The largest absolute Gasteiger partial charge is 0.493 e. The van der Waals surface area contributed by atoms with Gasteiger partial charge in [-0.1, -0.05) is 30.3 Å². The Morgan fingerprint density at radius 2 is 1.76 bits per heavy atom. The van der Waals surface area contributed by atoms with E-state index in [-0.39, 0.29) is 11.4 Å². The lowest BCUT2D eigenvalue weighted by molar-refractivity contribution is -0.119. The second-order valence-corrected chi connectivity index (χ2v) is 5.88. The highest BCUT2D eigenvalue weighted by Crippen LogP contribution is 2.24. The van der Waals surface area contributed by atoms with Crippen molar-refractivity contribution in [3.05, 3.63) is 66.5 Å². The van der Waals surface area contributed by atoms with Gasteiger partial charge in [0.1, 0.15) is 5.75 Å². The molecule has 1 amide bonds. The lowest BCUT2D eigenvalue weighted by Gasteiger charge is -2.11. The standard InChI is InChI=1S/C21H21N3O5/c1-3-28-17-12-8-7-11-16(17)22-19(25)14-29-21(26)20-18(27-2)13-24(23-20)15-9-5-4-6-10-15/h4-13H,3,14H2,1-2H3,(H,22,25). The Labute approximate surface area is 168 Å². The molecule has 29 heavy (non-hydrogen) atoms. The zero-order valence-corrected chi connectivity index (χ0v) is 16.1. The quantitative estimate of drug-likeness (QED) is 0.590. The fourth-order valence-corrected chi connectivity index (χ4v) is 2.60. The Morgan fingerprint density at radius 3 is 2.48 bits per heavy atom. The molecule has 3 aromatic rings. The first-order valence-corrected chi connectivity index (χ1v) is 9.00. The van der Waals surface area contributed by atoms with Crippen LogP contribution in [0.4, 0.5) is 5.69 Å². The minimum atomic E-state index is -0.759. The van der Waals surface area contributed by atoms with Gasteiger partial charge in [-0.15, -0.1) is 0 Å². The predicted octanol–water partition coefficient (Wildman–Crippen LogP) is 3.08. The van der Waals surface area contributed by atoms with Crippen LogP contribution >= 0.6 is 0 Å². The van der Waals surface area contributed by atoms with E-state index in [1.807, 2.05) is 37.3 Å². The van der Waals surface area contributed by atoms with E-state index in [4.69, 9.17) is 14.2 Å². The number of hydrogen-bond acceptors (Lipinski definition) is 6. The monoisotopic (exact) mass is 395 g/mol. The topological polar surface area (TPSA) is 91.7 Å². The molecule has 8 nitrogen and oxygen atoms in total. The Kier molecular flexibility index (Phi) is 6.47. The molecular formula is C21H21N3O5. The van der Waals surface area contributed by atoms with Gasteiger partial charge in [0.25, 0.3) is 5.91 Å². The summed E-state index contributed by atoms with van der Waals surface area (Å²) in [5.74, 6) is -0.462. The van der Waals surface area contributed by atoms with Crippen LogP contribution in [0.3, 0.4) is 0 Å². The van der Waals surface area contributed by atoms with Crippen molar-refractivity contribution < 1.29 is 23.8 Å². The maximum absolute atomic E-state index is 12.4. The Bertz CT molecular complexity index is 985. The summed E-state index contributed by atoms with van der Waals surface area (Å²) < 4.78 is 17.3. The van der Waals surface area contributed by atoms with Crippen molar-refractivity contribution in [1.82, 2.24) is 9.78 Å². The van der Waals surface area contributed by atoms with Gasteiger partial charge in [-0.25, -0.2) is 9.48 Å². The summed E-state index contributed by atoms with van der Waals surface area (Å²) in [7, 11) is 1.43. The molecule has 0 spiro atoms. The van der Waals surface area contributed by atoms with Crippen LogP contribution in [0.25, 0.3) is 5.69 Å². The van der Waals surface area contributed by atoms with Crippen molar-refractivity contribution in [3.63, 3.8) is 0 Å². The molecule has 1 aromatic heterocycles. The normalized spacial score (nSPS) is 10.3. The van der Waals surface area contributed by atoms with Crippen LogP contribution < -0.4 is 14.8 Å². The molecule has 0 fully saturated rings. The number of benzene rings is 2. The van der Waals surface area contributed by atoms with E-state index in [1.54, 1.807) is 30.5 Å². The first-order valence-electron chi connectivity index (χ1n) is 9.00. The van der Waals surface area contributed by atoms with Gasteiger partial charge < -0.3 is 19.5 Å². The van der Waals surface area contributed by atoms with Gasteiger partial charge in [0, 0.05) is 0 Å². The van der Waals surface area contributed by atoms with Crippen LogP contribution in [0.2, 0.25) is 0 Å². The number of rotatable bonds is 8. The number of amides is 1. The molecule has 0 aliphatic carbocycles. The highest BCUT2D eigenvalue weighted by Gasteiger charge is 2.21. The summed E-state index contributed by atoms with van der Waals surface area (Å²) >= 11 is 0. The van der Waals surface area contributed by atoms with Gasteiger partial charge >= 0.3 is 5.97 Å². The number of carbonyl (C=O) groups excluding carboxylic acids is 2. The highest BCUT2D eigenvalue weighted by molar-refractivity contribution is 5.96. The second kappa shape index (κ2) is 9.41. The molecule has 0 saturated heterocycles. The number of aromatic nitrogens is 2. The molecule has 2 aromatic carbocycles. The van der Waals surface area contributed by atoms with E-state index in [9.17, 15) is 9.59 Å². The molecule has 3 rings (SSSR count). The zero-order valence-electron chi connectivity index (χ0n) is 16.1. The van der Waals surface area contributed by atoms with Crippen LogP contribution in [-0.4, -0.2) is 42.0 Å². The predicted molar refractivity (Wildman–Crippen MR) is 107 cm³/mol. The Hall–Kier alpha value is -3.81. The second-order valence-electron chi connectivity index (χ2n) is 5.88. The summed E-state index contributed by atoms with van der Waals surface area (Å²) in [6.45, 7) is 1.84. The van der Waals surface area contributed by atoms with Crippen molar-refractivity contribution >= 4 is 17.6 Å². The van der Waals surface area contributed by atoms with Crippen molar-refractivity contribution in [2.45, 2.75) is 6.92 Å². The van der Waals surface area contributed by atoms with E-state index < -0.39 is 18.5 Å². The molecule has 1 heterocycles. The Balaban J connectivity index is 1.65. The van der Waals surface area contributed by atoms with Crippen molar-refractivity contribution in [1.29, 1.82) is 0 Å². The number of nitrogens with one attached hydrogen (secondary N) is 1. The number of hydrogen-bond donors (Lipinski definition) is 1. The molecular weight excluding hydrogens is 374 g/mol. The van der Waals surface area contributed by atoms with E-state index in [0.717, 1.165) is 5.69 Å². The average molecular weight is 395 g/mol. The number of carbonyl (C=O) groups is 2. The van der Waals surface area contributed by atoms with E-state index in [2.05, 4.69) is 10.4 Å². The molecule has 150 valence electrons. The highest BCUT2D eigenvalue weighted by atomic mass is 16.5. The van der Waals surface area contributed by atoms with Gasteiger partial charge in [-0.2, -0.15) is 5.10 Å². The fraction of sp³-hybridized carbons (Fsp3) is 0.190. The SMILES string of the molecule is CCOc1ccccc1NC(=O)COC(=O)c1nn(-c2ccccc2)cc1OC. The van der Waals surface area contributed by atoms with Crippen molar-refractivity contribution in [3.8, 4) is 17.2 Å².